The van der Waals surface area contributed by atoms with Crippen LogP contribution in [-0.4, -0.2) is 19.7 Å². The monoisotopic (exact) mass is 266 g/mol. The third-order valence-electron chi connectivity index (χ3n) is 2.74. The predicted molar refractivity (Wildman–Crippen MR) is 68.7 cm³/mol. The van der Waals surface area contributed by atoms with E-state index in [1.54, 1.807) is 18.6 Å². The second-order valence-corrected chi connectivity index (χ2v) is 4.21. The van der Waals surface area contributed by atoms with Gasteiger partial charge in [-0.15, -0.1) is 0 Å². The summed E-state index contributed by atoms with van der Waals surface area (Å²) >= 11 is 5.87. The van der Waals surface area contributed by atoms with Gasteiger partial charge in [-0.3, -0.25) is 16.0 Å². The van der Waals surface area contributed by atoms with Gasteiger partial charge in [-0.1, -0.05) is 11.6 Å². The maximum absolute atomic E-state index is 5.87. The van der Waals surface area contributed by atoms with Gasteiger partial charge < -0.3 is 0 Å². The van der Waals surface area contributed by atoms with Gasteiger partial charge in [-0.05, 0) is 24.6 Å². The van der Waals surface area contributed by atoms with E-state index in [0.717, 1.165) is 17.9 Å². The molecule has 1 atom stereocenters. The molecule has 3 N–H and O–H groups in total. The van der Waals surface area contributed by atoms with E-state index in [0.29, 0.717) is 11.6 Å². The summed E-state index contributed by atoms with van der Waals surface area (Å²) in [4.78, 5) is 8.18. The smallest absolute Gasteiger partial charge is 0.138 e. The van der Waals surface area contributed by atoms with Crippen LogP contribution in [0.1, 0.15) is 24.4 Å². The molecule has 0 amide bonds. The molecule has 0 fully saturated rings. The SMILES string of the molecule is CCn1ncnc1CC(NN)c1ccnc(Cl)c1. The highest BCUT2D eigenvalue weighted by molar-refractivity contribution is 6.29. The molecule has 0 spiro atoms. The van der Waals surface area contributed by atoms with E-state index in [1.165, 1.54) is 0 Å². The topological polar surface area (TPSA) is 81.7 Å². The van der Waals surface area contributed by atoms with E-state index in [2.05, 4.69) is 20.5 Å². The first-order valence-corrected chi connectivity index (χ1v) is 6.06. The van der Waals surface area contributed by atoms with Gasteiger partial charge in [0.1, 0.15) is 17.3 Å². The number of pyridine rings is 1. The van der Waals surface area contributed by atoms with E-state index in [-0.39, 0.29) is 6.04 Å². The van der Waals surface area contributed by atoms with Crippen molar-refractivity contribution in [1.29, 1.82) is 0 Å². The molecule has 2 rings (SSSR count). The lowest BCUT2D eigenvalue weighted by atomic mass is 10.1. The number of hydrogen-bond acceptors (Lipinski definition) is 5. The minimum Gasteiger partial charge on any atom is -0.271 e. The summed E-state index contributed by atoms with van der Waals surface area (Å²) in [6, 6.07) is 3.60. The number of nitrogens with zero attached hydrogens (tertiary/aromatic N) is 4. The van der Waals surface area contributed by atoms with E-state index >= 15 is 0 Å². The number of halogens is 1. The van der Waals surface area contributed by atoms with Gasteiger partial charge in [0.25, 0.3) is 0 Å². The lowest BCUT2D eigenvalue weighted by molar-refractivity contribution is 0.510. The Bertz CT molecular complexity index is 512. The first kappa shape index (κ1) is 12.9. The molecule has 18 heavy (non-hydrogen) atoms. The van der Waals surface area contributed by atoms with Crippen molar-refractivity contribution < 1.29 is 0 Å². The summed E-state index contributed by atoms with van der Waals surface area (Å²) in [5.41, 5.74) is 3.74. The fourth-order valence-electron chi connectivity index (χ4n) is 1.80. The Morgan fingerprint density at radius 3 is 3.00 bits per heavy atom. The molecule has 0 aliphatic rings. The van der Waals surface area contributed by atoms with Crippen LogP contribution < -0.4 is 11.3 Å². The van der Waals surface area contributed by atoms with E-state index in [4.69, 9.17) is 17.4 Å². The third-order valence-corrected chi connectivity index (χ3v) is 2.94. The molecule has 0 bridgehead atoms. The van der Waals surface area contributed by atoms with E-state index in [1.807, 2.05) is 17.7 Å². The molecule has 0 aliphatic heterocycles. The highest BCUT2D eigenvalue weighted by Crippen LogP contribution is 2.18. The van der Waals surface area contributed by atoms with Crippen LogP contribution in [0.2, 0.25) is 5.15 Å². The second kappa shape index (κ2) is 5.90. The molecule has 6 nitrogen and oxygen atoms in total. The van der Waals surface area contributed by atoms with Crippen molar-refractivity contribution in [3.8, 4) is 0 Å². The summed E-state index contributed by atoms with van der Waals surface area (Å²) < 4.78 is 1.84. The lowest BCUT2D eigenvalue weighted by Crippen LogP contribution is -2.30. The van der Waals surface area contributed by atoms with Gasteiger partial charge in [-0.2, -0.15) is 5.10 Å². The van der Waals surface area contributed by atoms with Crippen molar-refractivity contribution in [3.63, 3.8) is 0 Å². The highest BCUT2D eigenvalue weighted by Gasteiger charge is 2.14. The van der Waals surface area contributed by atoms with Crippen LogP contribution in [0.15, 0.2) is 24.7 Å². The Morgan fingerprint density at radius 2 is 2.33 bits per heavy atom. The van der Waals surface area contributed by atoms with Gasteiger partial charge in [0.05, 0.1) is 6.04 Å². The number of rotatable bonds is 5. The largest absolute Gasteiger partial charge is 0.271 e. The van der Waals surface area contributed by atoms with Crippen LogP contribution in [-0.2, 0) is 13.0 Å². The van der Waals surface area contributed by atoms with Crippen molar-refractivity contribution in [1.82, 2.24) is 25.2 Å². The molecule has 96 valence electrons. The maximum Gasteiger partial charge on any atom is 0.138 e. The summed E-state index contributed by atoms with van der Waals surface area (Å²) in [5.74, 6) is 6.47. The molecule has 0 aliphatic carbocycles. The van der Waals surface area contributed by atoms with Crippen LogP contribution in [0, 0.1) is 0 Å². The van der Waals surface area contributed by atoms with Crippen LogP contribution in [0.25, 0.3) is 0 Å². The highest BCUT2D eigenvalue weighted by atomic mass is 35.5. The molecule has 2 aromatic rings. The Labute approximate surface area is 110 Å². The minimum absolute atomic E-state index is 0.0694. The van der Waals surface area contributed by atoms with Gasteiger partial charge in [0, 0.05) is 19.2 Å². The van der Waals surface area contributed by atoms with Crippen molar-refractivity contribution in [2.24, 2.45) is 5.84 Å². The first-order chi connectivity index (χ1) is 8.74. The summed E-state index contributed by atoms with van der Waals surface area (Å²) in [7, 11) is 0. The molecule has 2 aromatic heterocycles. The Morgan fingerprint density at radius 1 is 1.50 bits per heavy atom. The molecule has 0 radical (unpaired) electrons. The molecule has 0 saturated carbocycles. The quantitative estimate of drug-likeness (QED) is 0.481. The zero-order valence-corrected chi connectivity index (χ0v) is 10.8. The molecule has 7 heteroatoms. The molecule has 2 heterocycles. The molecule has 0 saturated heterocycles. The number of nitrogens with two attached hydrogens (primary N) is 1. The summed E-state index contributed by atoms with van der Waals surface area (Å²) in [6.45, 7) is 2.80. The number of hydrazine groups is 1. The fourth-order valence-corrected chi connectivity index (χ4v) is 1.98. The predicted octanol–water partition coefficient (Wildman–Crippen LogP) is 1.09. The Hall–Kier alpha value is -1.50. The zero-order chi connectivity index (χ0) is 13.0. The molecular weight excluding hydrogens is 252 g/mol. The molecular formula is C11H15ClN6. The van der Waals surface area contributed by atoms with Gasteiger partial charge in [-0.25, -0.2) is 9.97 Å². The Balaban J connectivity index is 2.20. The fraction of sp³-hybridized carbons (Fsp3) is 0.364. The second-order valence-electron chi connectivity index (χ2n) is 3.83. The van der Waals surface area contributed by atoms with Crippen molar-refractivity contribution >= 4 is 11.6 Å². The third kappa shape index (κ3) is 2.84. The molecule has 0 aromatic carbocycles. The van der Waals surface area contributed by atoms with Gasteiger partial charge in [0.2, 0.25) is 0 Å². The summed E-state index contributed by atoms with van der Waals surface area (Å²) in [5, 5.41) is 4.58. The van der Waals surface area contributed by atoms with Crippen LogP contribution in [0.3, 0.4) is 0 Å². The van der Waals surface area contributed by atoms with Crippen LogP contribution >= 0.6 is 11.6 Å². The summed E-state index contributed by atoms with van der Waals surface area (Å²) in [6.07, 6.45) is 3.85. The lowest BCUT2D eigenvalue weighted by Gasteiger charge is -2.16. The number of hydrogen-bond donors (Lipinski definition) is 2. The average molecular weight is 267 g/mol. The zero-order valence-electron chi connectivity index (χ0n) is 10.0. The minimum atomic E-state index is -0.0694. The van der Waals surface area contributed by atoms with Crippen LogP contribution in [0.5, 0.6) is 0 Å². The van der Waals surface area contributed by atoms with Gasteiger partial charge in [0.15, 0.2) is 0 Å². The number of aryl methyl sites for hydroxylation is 1. The number of nitrogens with one attached hydrogen (secondary N) is 1. The van der Waals surface area contributed by atoms with Crippen LogP contribution in [0.4, 0.5) is 0 Å². The number of aromatic nitrogens is 4. The van der Waals surface area contributed by atoms with Crippen molar-refractivity contribution in [2.75, 3.05) is 0 Å². The van der Waals surface area contributed by atoms with E-state index < -0.39 is 0 Å². The van der Waals surface area contributed by atoms with E-state index in [9.17, 15) is 0 Å². The maximum atomic E-state index is 5.87. The normalized spacial score (nSPS) is 12.6. The first-order valence-electron chi connectivity index (χ1n) is 5.68. The standard InChI is InChI=1S/C11H15ClN6/c1-2-18-11(15-7-16-18)6-9(17-13)8-3-4-14-10(12)5-8/h3-5,7,9,17H,2,6,13H2,1H3. The van der Waals surface area contributed by atoms with Crippen molar-refractivity contribution in [3.05, 3.63) is 41.2 Å². The van der Waals surface area contributed by atoms with Crippen molar-refractivity contribution in [2.45, 2.75) is 25.9 Å². The average Bonchev–Trinajstić information content (AvgIpc) is 2.83. The Kier molecular flexibility index (Phi) is 4.24. The molecule has 1 unspecified atom stereocenters. The van der Waals surface area contributed by atoms with Gasteiger partial charge >= 0.3 is 0 Å².